The zero-order valence-corrected chi connectivity index (χ0v) is 43.7. The molecule has 0 amide bonds. The predicted octanol–water partition coefficient (Wildman–Crippen LogP) is 11.4. The van der Waals surface area contributed by atoms with Crippen LogP contribution in [0.15, 0.2) is 158 Å². The maximum Gasteiger partial charge on any atom is -0.109 e. The third kappa shape index (κ3) is 13.2. The molecule has 0 heterocycles. The molecule has 7 aromatic rings. The Labute approximate surface area is 425 Å². The van der Waals surface area contributed by atoms with Crippen molar-refractivity contribution in [2.24, 2.45) is 0 Å². The van der Waals surface area contributed by atoms with E-state index in [-0.39, 0.29) is 35.6 Å². The Bertz CT molecular complexity index is 2490. The van der Waals surface area contributed by atoms with Crippen LogP contribution in [0.2, 0.25) is 0 Å². The largest absolute Gasteiger partial charge is 1.00 e. The standard InChI is InChI=1S/C33H33.C15H8Cl6.C5H5.2ClH.Zr/c1-32(2,3)30-20-26-24(18-28(30)22-13-9-7-10-14-22)17-25-19-29(23-15-11-8-12-16-23)31(21-27(25)26)33(4,5)6;16-14(17,18)12-5-1-3-10(8-12)7-11-4-2-6-13(9-11)15(19,20)21;1-2-4-5-3-1;;;/h7-21H,1-6H3;1-6,8-9H;1-3H,4H2;2*1H;/q-1;;-1;;;+2/p-2. The minimum Gasteiger partial charge on any atom is -1.00 e. The first-order chi connectivity index (χ1) is 28.2. The summed E-state index contributed by atoms with van der Waals surface area (Å²) in [7, 11) is 0. The Balaban J connectivity index is 0.000000252. The van der Waals surface area contributed by atoms with Crippen LogP contribution < -0.4 is 24.8 Å². The smallest absolute Gasteiger partial charge is 0.109 e. The summed E-state index contributed by atoms with van der Waals surface area (Å²) >= 11 is 36.9. The topological polar surface area (TPSA) is 0 Å². The van der Waals surface area contributed by atoms with Crippen molar-refractivity contribution >= 4 is 94.4 Å². The minimum atomic E-state index is -1.45. The SMILES string of the molecule is CC(C)(C)c1cc2c(cc1-c1ccccc1)[cH-]c1cc(-c3ccccc3)c(C(C)(C)C)cc12.ClC(Cl)(Cl)c1cccc([C](=[Zr+2])c2cccc(C(Cl)(Cl)Cl)c2)c1.[C-]1=CC=CC1.[Cl-].[Cl-]. The second-order valence-corrected chi connectivity index (χ2v) is 22.7. The van der Waals surface area contributed by atoms with Gasteiger partial charge in [0, 0.05) is 0 Å². The minimum absolute atomic E-state index is 0. The summed E-state index contributed by atoms with van der Waals surface area (Å²) in [6.45, 7) is 13.9. The van der Waals surface area contributed by atoms with Gasteiger partial charge in [0.05, 0.1) is 0 Å². The van der Waals surface area contributed by atoms with Crippen LogP contribution in [0.25, 0.3) is 43.8 Å². The van der Waals surface area contributed by atoms with Gasteiger partial charge in [0.2, 0.25) is 0 Å². The quantitative estimate of drug-likeness (QED) is 0.122. The molecular formula is C53H46Cl8Zr-2. The van der Waals surface area contributed by atoms with Gasteiger partial charge in [-0.3, -0.25) is 6.08 Å². The van der Waals surface area contributed by atoms with Gasteiger partial charge < -0.3 is 24.8 Å². The summed E-state index contributed by atoms with van der Waals surface area (Å²) in [5.74, 6) is 0. The summed E-state index contributed by atoms with van der Waals surface area (Å²) in [4.78, 5) is 0. The maximum absolute atomic E-state index is 5.94. The van der Waals surface area contributed by atoms with Crippen LogP contribution in [-0.2, 0) is 42.7 Å². The van der Waals surface area contributed by atoms with E-state index in [0.717, 1.165) is 20.8 Å². The van der Waals surface area contributed by atoms with Gasteiger partial charge in [-0.15, -0.1) is 46.2 Å². The van der Waals surface area contributed by atoms with Crippen molar-refractivity contribution in [2.45, 2.75) is 66.4 Å². The Morgan fingerprint density at radius 1 is 0.532 bits per heavy atom. The summed E-state index contributed by atoms with van der Waals surface area (Å²) in [5, 5.41) is 5.36. The van der Waals surface area contributed by atoms with Crippen molar-refractivity contribution in [3.8, 4) is 22.3 Å². The van der Waals surface area contributed by atoms with E-state index in [9.17, 15) is 0 Å². The fraction of sp³-hybridized carbons (Fsp3) is 0.208. The molecule has 0 unspecified atom stereocenters. The molecule has 8 rings (SSSR count). The van der Waals surface area contributed by atoms with Crippen LogP contribution in [-0.4, -0.2) is 3.21 Å². The number of rotatable bonds is 4. The third-order valence-electron chi connectivity index (χ3n) is 10.3. The predicted molar refractivity (Wildman–Crippen MR) is 261 cm³/mol. The number of hydrogen-bond donors (Lipinski definition) is 0. The molecule has 0 N–H and O–H groups in total. The Morgan fingerprint density at radius 2 is 0.935 bits per heavy atom. The number of alkyl halides is 6. The van der Waals surface area contributed by atoms with E-state index in [2.05, 4.69) is 145 Å². The van der Waals surface area contributed by atoms with Gasteiger partial charge in [-0.1, -0.05) is 114 Å². The van der Waals surface area contributed by atoms with E-state index in [1.807, 2.05) is 48.6 Å². The second kappa shape index (κ2) is 21.8. The van der Waals surface area contributed by atoms with E-state index in [1.165, 1.54) is 79.2 Å². The van der Waals surface area contributed by atoms with E-state index < -0.39 is 7.59 Å². The zero-order chi connectivity index (χ0) is 43.5. The second-order valence-electron chi connectivity index (χ2n) is 16.9. The van der Waals surface area contributed by atoms with Gasteiger partial charge in [0.15, 0.2) is 0 Å². The molecule has 0 bridgehead atoms. The first-order valence-electron chi connectivity index (χ1n) is 19.7. The molecule has 1 aliphatic carbocycles. The first-order valence-corrected chi connectivity index (χ1v) is 23.2. The number of benzene rings is 6. The van der Waals surface area contributed by atoms with Gasteiger partial charge in [0.25, 0.3) is 0 Å². The van der Waals surface area contributed by atoms with Crippen molar-refractivity contribution < 1.29 is 49.0 Å². The summed E-state index contributed by atoms with van der Waals surface area (Å²) in [6, 6.07) is 48.6. The molecule has 320 valence electrons. The van der Waals surface area contributed by atoms with Crippen LogP contribution in [0, 0.1) is 6.08 Å². The molecular weight excluding hydrogens is 1010 g/mol. The Morgan fingerprint density at radius 3 is 1.24 bits per heavy atom. The van der Waals surface area contributed by atoms with E-state index in [1.54, 1.807) is 12.1 Å². The Kier molecular flexibility index (Phi) is 18.4. The molecule has 9 heteroatoms. The molecule has 0 saturated carbocycles. The van der Waals surface area contributed by atoms with Crippen molar-refractivity contribution in [3.05, 3.63) is 197 Å². The molecule has 0 aliphatic heterocycles. The monoisotopic (exact) mass is 1050 g/mol. The van der Waals surface area contributed by atoms with Gasteiger partial charge >= 0.3 is 175 Å². The first kappa shape index (κ1) is 52.4. The maximum atomic E-state index is 5.94. The fourth-order valence-corrected chi connectivity index (χ4v) is 8.74. The summed E-state index contributed by atoms with van der Waals surface area (Å²) in [5.41, 5.74) is 11.4. The fourth-order valence-electron chi connectivity index (χ4n) is 7.27. The van der Waals surface area contributed by atoms with Crippen molar-refractivity contribution in [2.75, 3.05) is 0 Å². The molecule has 62 heavy (non-hydrogen) atoms. The van der Waals surface area contributed by atoms with E-state index in [4.69, 9.17) is 69.6 Å². The van der Waals surface area contributed by atoms with Gasteiger partial charge in [-0.25, -0.2) is 12.2 Å². The van der Waals surface area contributed by atoms with Gasteiger partial charge in [0.1, 0.15) is 0 Å². The van der Waals surface area contributed by atoms with E-state index >= 15 is 0 Å². The average molecular weight is 1060 g/mol. The van der Waals surface area contributed by atoms with Crippen LogP contribution in [0.1, 0.15) is 81.3 Å². The number of hydrogen-bond acceptors (Lipinski definition) is 0. The normalized spacial score (nSPS) is 12.5. The molecule has 0 spiro atoms. The van der Waals surface area contributed by atoms with Crippen LogP contribution >= 0.6 is 69.6 Å². The summed E-state index contributed by atoms with van der Waals surface area (Å²) < 4.78 is -1.82. The van der Waals surface area contributed by atoms with Crippen LogP contribution in [0.4, 0.5) is 0 Å². The number of halogens is 8. The van der Waals surface area contributed by atoms with Gasteiger partial charge in [-0.05, 0) is 44.2 Å². The molecule has 1 aliphatic rings. The number of allylic oxidation sites excluding steroid dienone is 4. The van der Waals surface area contributed by atoms with Crippen molar-refractivity contribution in [3.63, 3.8) is 0 Å². The molecule has 0 aromatic heterocycles. The zero-order valence-electron chi connectivity index (χ0n) is 35.2. The molecule has 0 fully saturated rings. The van der Waals surface area contributed by atoms with Crippen LogP contribution in [0.5, 0.6) is 0 Å². The molecule has 0 radical (unpaired) electrons. The average Bonchev–Trinajstić information content (AvgIpc) is 3.91. The van der Waals surface area contributed by atoms with Crippen molar-refractivity contribution in [1.82, 2.24) is 0 Å². The molecule has 0 atom stereocenters. The van der Waals surface area contributed by atoms with E-state index in [0.29, 0.717) is 11.1 Å². The van der Waals surface area contributed by atoms with Crippen LogP contribution in [0.3, 0.4) is 0 Å². The molecule has 0 saturated heterocycles. The molecule has 7 aromatic carbocycles. The van der Waals surface area contributed by atoms with Crippen molar-refractivity contribution in [1.29, 1.82) is 0 Å². The third-order valence-corrected chi connectivity index (χ3v) is 13.0. The summed E-state index contributed by atoms with van der Waals surface area (Å²) in [6.07, 6.45) is 10.0. The Hall–Kier alpha value is -2.26. The molecule has 0 nitrogen and oxygen atoms in total. The number of fused-ring (bicyclic) bond motifs is 3. The van der Waals surface area contributed by atoms with Gasteiger partial charge in [-0.2, -0.15) is 6.08 Å².